The number of aromatic nitrogens is 3. The first-order valence-corrected chi connectivity index (χ1v) is 12.1. The Labute approximate surface area is 199 Å². The van der Waals surface area contributed by atoms with Gasteiger partial charge in [0.25, 0.3) is 0 Å². The summed E-state index contributed by atoms with van der Waals surface area (Å²) in [7, 11) is 0. The molecule has 5 rings (SSSR count). The number of nitrogens with zero attached hydrogens (tertiary/aromatic N) is 4. The molecule has 1 atom stereocenters. The molecule has 0 radical (unpaired) electrons. The van der Waals surface area contributed by atoms with E-state index in [-0.39, 0.29) is 17.9 Å². The fraction of sp³-hybridized carbons (Fsp3) is 0.385. The minimum Gasteiger partial charge on any atom is -0.326 e. The maximum atomic E-state index is 13.1. The zero-order chi connectivity index (χ0) is 23.3. The third kappa shape index (κ3) is 4.95. The first-order chi connectivity index (χ1) is 16.7. The third-order valence-electron chi connectivity index (χ3n) is 6.60. The minimum absolute atomic E-state index is 0.0607. The van der Waals surface area contributed by atoms with Gasteiger partial charge in [0.1, 0.15) is 5.82 Å². The molecule has 0 saturated carbocycles. The minimum atomic E-state index is -0.247. The van der Waals surface area contributed by atoms with E-state index in [1.807, 2.05) is 54.6 Å². The Kier molecular flexibility index (Phi) is 6.56. The van der Waals surface area contributed by atoms with E-state index in [1.54, 1.807) is 4.90 Å². The van der Waals surface area contributed by atoms with Crippen molar-refractivity contribution >= 4 is 23.3 Å². The van der Waals surface area contributed by atoms with Gasteiger partial charge in [-0.25, -0.2) is 4.79 Å². The molecule has 1 fully saturated rings. The molecule has 2 aliphatic heterocycles. The number of para-hydroxylation sites is 1. The van der Waals surface area contributed by atoms with E-state index in [2.05, 4.69) is 25.4 Å². The molecule has 1 unspecified atom stereocenters. The summed E-state index contributed by atoms with van der Waals surface area (Å²) in [5.74, 6) is 1.59. The number of nitrogens with one attached hydrogen (secondary N) is 2. The highest BCUT2D eigenvalue weighted by Crippen LogP contribution is 2.26. The van der Waals surface area contributed by atoms with Crippen molar-refractivity contribution in [2.75, 3.05) is 23.7 Å². The fourth-order valence-electron chi connectivity index (χ4n) is 4.78. The lowest BCUT2D eigenvalue weighted by molar-refractivity contribution is -0.121. The second-order valence-corrected chi connectivity index (χ2v) is 9.05. The van der Waals surface area contributed by atoms with Crippen molar-refractivity contribution < 1.29 is 9.59 Å². The predicted octanol–water partition coefficient (Wildman–Crippen LogP) is 4.55. The molecule has 1 aromatic heterocycles. The number of hydrogen-bond donors (Lipinski definition) is 2. The number of fused-ring (bicyclic) bond motifs is 1. The van der Waals surface area contributed by atoms with Crippen molar-refractivity contribution in [2.24, 2.45) is 5.92 Å². The highest BCUT2D eigenvalue weighted by atomic mass is 16.2. The second kappa shape index (κ2) is 10.1. The van der Waals surface area contributed by atoms with E-state index in [1.165, 1.54) is 6.42 Å². The van der Waals surface area contributed by atoms with Gasteiger partial charge in [0.15, 0.2) is 5.82 Å². The summed E-state index contributed by atoms with van der Waals surface area (Å²) in [6, 6.07) is 17.0. The highest BCUT2D eigenvalue weighted by molar-refractivity contribution is 5.94. The molecule has 3 amide bonds. The Morgan fingerprint density at radius 2 is 1.71 bits per heavy atom. The smallest absolute Gasteiger partial charge is 0.321 e. The number of benzene rings is 2. The first-order valence-electron chi connectivity index (χ1n) is 12.1. The zero-order valence-electron chi connectivity index (χ0n) is 19.2. The van der Waals surface area contributed by atoms with Crippen LogP contribution in [0.2, 0.25) is 0 Å². The number of rotatable bonds is 4. The Balaban J connectivity index is 1.24. The number of carbonyl (C=O) groups excluding carboxylic acids is 2. The van der Waals surface area contributed by atoms with Gasteiger partial charge in [-0.15, -0.1) is 10.2 Å². The summed E-state index contributed by atoms with van der Waals surface area (Å²) in [6.07, 6.45) is 6.01. The maximum absolute atomic E-state index is 13.1. The number of aryl methyl sites for hydroxylation is 1. The summed E-state index contributed by atoms with van der Waals surface area (Å²) in [4.78, 5) is 27.5. The molecule has 0 aliphatic carbocycles. The monoisotopic (exact) mass is 458 g/mol. The van der Waals surface area contributed by atoms with Crippen LogP contribution in [0.3, 0.4) is 0 Å². The SMILES string of the molecule is O=C(Nc1cccc(-c2nnc3n2CCCCC3)c1)C1CCCN(C(=O)Nc2ccccc2)C1. The third-order valence-corrected chi connectivity index (χ3v) is 6.60. The second-order valence-electron chi connectivity index (χ2n) is 9.05. The van der Waals surface area contributed by atoms with Gasteiger partial charge in [-0.2, -0.15) is 0 Å². The molecule has 8 nitrogen and oxygen atoms in total. The van der Waals surface area contributed by atoms with Crippen molar-refractivity contribution in [3.8, 4) is 11.4 Å². The number of carbonyl (C=O) groups is 2. The van der Waals surface area contributed by atoms with Gasteiger partial charge in [-0.1, -0.05) is 36.8 Å². The van der Waals surface area contributed by atoms with Crippen LogP contribution in [-0.2, 0) is 17.8 Å². The molecule has 1 saturated heterocycles. The van der Waals surface area contributed by atoms with Crippen LogP contribution in [0.4, 0.5) is 16.2 Å². The Bertz CT molecular complexity index is 1160. The number of amides is 3. The molecule has 2 aliphatic rings. The van der Waals surface area contributed by atoms with Crippen molar-refractivity contribution in [2.45, 2.75) is 45.1 Å². The number of anilines is 2. The lowest BCUT2D eigenvalue weighted by Crippen LogP contribution is -2.45. The van der Waals surface area contributed by atoms with E-state index in [0.717, 1.165) is 67.2 Å². The normalized spacial score (nSPS) is 18.0. The number of hydrogen-bond acceptors (Lipinski definition) is 4. The van der Waals surface area contributed by atoms with E-state index < -0.39 is 0 Å². The lowest BCUT2D eigenvalue weighted by Gasteiger charge is -2.32. The average Bonchev–Trinajstić information content (AvgIpc) is 3.13. The van der Waals surface area contributed by atoms with Crippen LogP contribution in [0.1, 0.15) is 37.9 Å². The molecule has 2 aromatic carbocycles. The Morgan fingerprint density at radius 1 is 0.853 bits per heavy atom. The van der Waals surface area contributed by atoms with E-state index in [4.69, 9.17) is 0 Å². The Morgan fingerprint density at radius 3 is 2.59 bits per heavy atom. The van der Waals surface area contributed by atoms with Gasteiger partial charge in [0, 0.05) is 43.0 Å². The van der Waals surface area contributed by atoms with Crippen molar-refractivity contribution in [3.05, 3.63) is 60.4 Å². The van der Waals surface area contributed by atoms with Crippen LogP contribution in [0.15, 0.2) is 54.6 Å². The summed E-state index contributed by atoms with van der Waals surface area (Å²) in [5, 5.41) is 14.8. The van der Waals surface area contributed by atoms with E-state index >= 15 is 0 Å². The Hall–Kier alpha value is -3.68. The maximum Gasteiger partial charge on any atom is 0.321 e. The number of urea groups is 1. The van der Waals surface area contributed by atoms with Gasteiger partial charge >= 0.3 is 6.03 Å². The van der Waals surface area contributed by atoms with E-state index in [9.17, 15) is 9.59 Å². The van der Waals surface area contributed by atoms with Crippen LogP contribution < -0.4 is 10.6 Å². The molecular weight excluding hydrogens is 428 g/mol. The van der Waals surface area contributed by atoms with Gasteiger partial charge in [-0.05, 0) is 49.9 Å². The predicted molar refractivity (Wildman–Crippen MR) is 131 cm³/mol. The molecule has 0 bridgehead atoms. The first kappa shape index (κ1) is 22.1. The van der Waals surface area contributed by atoms with Crippen LogP contribution in [-0.4, -0.2) is 44.7 Å². The van der Waals surface area contributed by atoms with Crippen LogP contribution in [0.25, 0.3) is 11.4 Å². The molecule has 3 heterocycles. The molecule has 8 heteroatoms. The van der Waals surface area contributed by atoms with Crippen LogP contribution in [0, 0.1) is 5.92 Å². The molecular formula is C26H30N6O2. The van der Waals surface area contributed by atoms with Crippen molar-refractivity contribution in [3.63, 3.8) is 0 Å². The van der Waals surface area contributed by atoms with Gasteiger partial charge in [0.05, 0.1) is 5.92 Å². The van der Waals surface area contributed by atoms with Crippen LogP contribution in [0.5, 0.6) is 0 Å². The standard InChI is InChI=1S/C26H30N6O2/c33-25(20-10-8-15-31(18-20)26(34)28-21-11-3-1-4-12-21)27-22-13-7-9-19(17-22)24-30-29-23-14-5-2-6-16-32(23)24/h1,3-4,7,9,11-13,17,20H,2,5-6,8,10,14-16,18H2,(H,27,33)(H,28,34). The number of likely N-dealkylation sites (tertiary alicyclic amines) is 1. The molecule has 34 heavy (non-hydrogen) atoms. The quantitative estimate of drug-likeness (QED) is 0.600. The summed E-state index contributed by atoms with van der Waals surface area (Å²) < 4.78 is 2.21. The summed E-state index contributed by atoms with van der Waals surface area (Å²) in [6.45, 7) is 1.98. The van der Waals surface area contributed by atoms with Gasteiger partial charge in [0.2, 0.25) is 5.91 Å². The lowest BCUT2D eigenvalue weighted by atomic mass is 9.97. The summed E-state index contributed by atoms with van der Waals surface area (Å²) >= 11 is 0. The topological polar surface area (TPSA) is 92.2 Å². The average molecular weight is 459 g/mol. The van der Waals surface area contributed by atoms with Crippen molar-refractivity contribution in [1.82, 2.24) is 19.7 Å². The zero-order valence-corrected chi connectivity index (χ0v) is 19.2. The van der Waals surface area contributed by atoms with Gasteiger partial charge in [-0.3, -0.25) is 4.79 Å². The largest absolute Gasteiger partial charge is 0.326 e. The highest BCUT2D eigenvalue weighted by Gasteiger charge is 2.28. The number of piperidine rings is 1. The fourth-order valence-corrected chi connectivity index (χ4v) is 4.78. The molecule has 2 N–H and O–H groups in total. The summed E-state index contributed by atoms with van der Waals surface area (Å²) in [5.41, 5.74) is 2.44. The molecule has 0 spiro atoms. The molecule has 176 valence electrons. The van der Waals surface area contributed by atoms with Crippen molar-refractivity contribution in [1.29, 1.82) is 0 Å². The molecule has 3 aromatic rings. The van der Waals surface area contributed by atoms with Crippen LogP contribution >= 0.6 is 0 Å². The van der Waals surface area contributed by atoms with E-state index in [0.29, 0.717) is 13.1 Å². The van der Waals surface area contributed by atoms with Gasteiger partial charge < -0.3 is 20.1 Å².